The first-order valence-electron chi connectivity index (χ1n) is 25.9. The molecule has 1 aliphatic heterocycles. The first-order valence-corrected chi connectivity index (χ1v) is 25.9. The lowest BCUT2D eigenvalue weighted by Gasteiger charge is -2.61. The van der Waals surface area contributed by atoms with Gasteiger partial charge >= 0.3 is 5.97 Å². The van der Waals surface area contributed by atoms with Crippen LogP contribution in [0.1, 0.15) is 122 Å². The number of aliphatic hydroxyl groups excluding tert-OH is 5. The van der Waals surface area contributed by atoms with Gasteiger partial charge in [-0.05, 0) is 167 Å². The summed E-state index contributed by atoms with van der Waals surface area (Å²) in [6.07, 6.45) is 10.9. The minimum atomic E-state index is -1.88. The smallest absolute Gasteiger partial charge is 0.313 e. The lowest BCUT2D eigenvalue weighted by atomic mass is 9.44. The van der Waals surface area contributed by atoms with Gasteiger partial charge in [0.1, 0.15) is 0 Å². The topological polar surface area (TPSA) is 265 Å². The third-order valence-electron chi connectivity index (χ3n) is 20.0. The van der Waals surface area contributed by atoms with Gasteiger partial charge in [-0.15, -0.1) is 0 Å². The maximum Gasteiger partial charge on any atom is 0.313 e. The highest BCUT2D eigenvalue weighted by Crippen LogP contribution is 2.72. The molecule has 1 aromatic heterocycles. The Hall–Kier alpha value is -3.55. The van der Waals surface area contributed by atoms with Gasteiger partial charge in [0.05, 0.1) is 42.0 Å². The number of fused-ring (bicyclic) bond motifs is 10. The van der Waals surface area contributed by atoms with E-state index in [2.05, 4.69) is 34.8 Å². The van der Waals surface area contributed by atoms with Crippen molar-refractivity contribution < 1.29 is 50.1 Å². The molecular formula is C54H78N4O10. The number of allylic oxidation sites excluding steroid dienone is 3. The van der Waals surface area contributed by atoms with Gasteiger partial charge < -0.3 is 56.9 Å². The molecular weight excluding hydrogens is 865 g/mol. The second-order valence-electron chi connectivity index (χ2n) is 23.4. The number of cyclic esters (lactones) is 1. The molecule has 2 heterocycles. The number of guanidine groups is 1. The maximum absolute atomic E-state index is 14.4. The van der Waals surface area contributed by atoms with Crippen LogP contribution in [0.2, 0.25) is 0 Å². The van der Waals surface area contributed by atoms with Gasteiger partial charge in [-0.3, -0.25) is 14.6 Å². The molecule has 0 spiro atoms. The second-order valence-corrected chi connectivity index (χ2v) is 23.4. The molecule has 8 aliphatic rings. The molecule has 4 saturated carbocycles. The minimum absolute atomic E-state index is 0.0664. The Balaban J connectivity index is 1.24. The third-order valence-corrected chi connectivity index (χ3v) is 20.0. The highest BCUT2D eigenvalue weighted by Gasteiger charge is 2.74. The van der Waals surface area contributed by atoms with Crippen LogP contribution in [-0.2, 0) is 14.3 Å². The number of hydrogen-bond acceptors (Lipinski definition) is 11. The number of hydrogen-bond donors (Lipinski definition) is 10. The molecule has 0 radical (unpaired) electrons. The van der Waals surface area contributed by atoms with E-state index in [1.54, 1.807) is 13.0 Å². The molecule has 12 N–H and O–H groups in total. The Morgan fingerprint density at radius 2 is 1.75 bits per heavy atom. The molecule has 1 saturated heterocycles. The van der Waals surface area contributed by atoms with E-state index >= 15 is 0 Å². The fraction of sp³-hybridized carbons (Fsp3) is 0.759. The number of aromatic amines is 1. The number of aromatic nitrogens is 1. The van der Waals surface area contributed by atoms with Crippen LogP contribution >= 0.6 is 0 Å². The van der Waals surface area contributed by atoms with Crippen LogP contribution < -0.4 is 11.5 Å². The summed E-state index contributed by atoms with van der Waals surface area (Å²) in [5, 5.41) is 84.5. The van der Waals surface area contributed by atoms with Crippen LogP contribution in [0.25, 0.3) is 0 Å². The molecule has 9 rings (SSSR count). The molecule has 68 heavy (non-hydrogen) atoms. The molecule has 374 valence electrons. The molecule has 20 atom stereocenters. The Kier molecular flexibility index (Phi) is 13.7. The van der Waals surface area contributed by atoms with Gasteiger partial charge in [-0.25, -0.2) is 0 Å². The monoisotopic (exact) mass is 943 g/mol. The van der Waals surface area contributed by atoms with Gasteiger partial charge in [0.2, 0.25) is 0 Å². The van der Waals surface area contributed by atoms with Gasteiger partial charge in [0.15, 0.2) is 11.7 Å². The molecule has 0 bridgehead atoms. The van der Waals surface area contributed by atoms with Crippen molar-refractivity contribution in [3.05, 3.63) is 47.3 Å². The third kappa shape index (κ3) is 8.21. The van der Waals surface area contributed by atoms with Crippen molar-refractivity contribution in [3.63, 3.8) is 0 Å². The van der Waals surface area contributed by atoms with Crippen molar-refractivity contribution >= 4 is 17.7 Å². The quantitative estimate of drug-likeness (QED) is 0.0557. The van der Waals surface area contributed by atoms with Crippen LogP contribution in [0.5, 0.6) is 0 Å². The summed E-state index contributed by atoms with van der Waals surface area (Å²) in [5.41, 5.74) is 9.13. The fourth-order valence-corrected chi connectivity index (χ4v) is 16.7. The van der Waals surface area contributed by atoms with Gasteiger partial charge in [0, 0.05) is 67.2 Å². The average molecular weight is 943 g/mol. The minimum Gasteiger partial charge on any atom is -0.465 e. The van der Waals surface area contributed by atoms with E-state index in [-0.39, 0.29) is 112 Å². The highest BCUT2D eigenvalue weighted by atomic mass is 16.5. The molecule has 14 nitrogen and oxygen atoms in total. The largest absolute Gasteiger partial charge is 0.465 e. The number of ketones is 1. The van der Waals surface area contributed by atoms with E-state index in [1.807, 2.05) is 25.4 Å². The van der Waals surface area contributed by atoms with E-state index in [4.69, 9.17) is 16.2 Å². The maximum atomic E-state index is 14.4. The van der Waals surface area contributed by atoms with Crippen LogP contribution in [-0.4, -0.2) is 114 Å². The summed E-state index contributed by atoms with van der Waals surface area (Å²) in [6.45, 7) is 5.93. The van der Waals surface area contributed by atoms with Crippen molar-refractivity contribution in [1.29, 1.82) is 0 Å². The number of ether oxygens (including phenoxy) is 1. The Bertz CT molecular complexity index is 2190. The number of aliphatic hydroxyl groups is 7. The predicted molar refractivity (Wildman–Crippen MR) is 255 cm³/mol. The number of carbonyl (C=O) groups excluding carboxylic acids is 2. The van der Waals surface area contributed by atoms with Crippen LogP contribution in [0.15, 0.2) is 46.8 Å². The Morgan fingerprint density at radius 3 is 2.47 bits per heavy atom. The zero-order valence-electron chi connectivity index (χ0n) is 40.3. The zero-order chi connectivity index (χ0) is 48.5. The first kappa shape index (κ1) is 49.4. The highest BCUT2D eigenvalue weighted by molar-refractivity contribution is 5.95. The van der Waals surface area contributed by atoms with E-state index in [9.17, 15) is 45.3 Å². The summed E-state index contributed by atoms with van der Waals surface area (Å²) in [4.78, 5) is 35.8. The van der Waals surface area contributed by atoms with Crippen molar-refractivity contribution in [2.24, 2.45) is 98.3 Å². The summed E-state index contributed by atoms with van der Waals surface area (Å²) < 4.78 is 5.92. The summed E-state index contributed by atoms with van der Waals surface area (Å²) in [7, 11) is 0. The SMILES string of the molecule is C[C@H]1CCC2=CC[C@H]3[C@H](CO)C[C@@H](O)[C@](C)(O)[C@H]4[C@@H](C[C@@]5(O)C6=CC(=O)[C@@H]7C[C@@H](O)[C@@H](O)C[C@]7(C)[C@H]6CC[C@]45CCN=C(N)N)[C@H](CCCO)C#C[C@@H]([C@H]4COC(=O)[C@H]4c4cc[nH]c4)C[C@H]3[C@@H]2C1. The van der Waals surface area contributed by atoms with E-state index < -0.39 is 75.9 Å². The number of nitrogens with zero attached hydrogens (tertiary/aromatic N) is 1. The summed E-state index contributed by atoms with van der Waals surface area (Å²) in [5.74, 6) is 3.24. The first-order chi connectivity index (χ1) is 32.4. The summed E-state index contributed by atoms with van der Waals surface area (Å²) in [6, 6.07) is 1.92. The van der Waals surface area contributed by atoms with E-state index in [0.29, 0.717) is 50.0 Å². The standard InChI is InChI=1S/C54H78N4O10/c1-29-6-7-31-10-11-35-34(27-60)21-46(64)52(3,66)48-38(30(5-4-18-59)8-9-32(20-37(35)36(31)19-29)39-28-68-49(65)47(39)33-13-16-57-26-33)24-54(67)41-22-43(61)42-23-44(62)45(63)25-51(42,2)40(41)12-14-53(48,54)15-17-58-50(55)56/h10,13,16,22,26,29-30,32,34-40,42,44-48,57,59-60,62-64,66-67H,4-7,11-12,14-15,17-21,23-25,27-28H2,1-3H3,(H4,55,56,58)/t29-,30+,32+,34-,35-,36+,37+,38-,39+,40-,42-,44+,45-,46+,47-,48+,51+,52-,53-,54+/m0/s1. The normalized spacial score (nSPS) is 46.7. The van der Waals surface area contributed by atoms with Crippen LogP contribution in [0.4, 0.5) is 0 Å². The van der Waals surface area contributed by atoms with E-state index in [1.165, 1.54) is 5.57 Å². The predicted octanol–water partition coefficient (Wildman–Crippen LogP) is 3.87. The van der Waals surface area contributed by atoms with Crippen LogP contribution in [0, 0.1) is 93.7 Å². The number of esters is 1. The Morgan fingerprint density at radius 1 is 0.956 bits per heavy atom. The number of nitrogens with two attached hydrogens (primary N) is 2. The average Bonchev–Trinajstić information content (AvgIpc) is 4.02. The molecule has 0 aromatic carbocycles. The van der Waals surface area contributed by atoms with Gasteiger partial charge in [-0.2, -0.15) is 0 Å². The van der Waals surface area contributed by atoms with Crippen molar-refractivity contribution in [1.82, 2.24) is 4.98 Å². The number of nitrogens with one attached hydrogen (secondary N) is 1. The van der Waals surface area contributed by atoms with Crippen molar-refractivity contribution in [3.8, 4) is 11.8 Å². The lowest BCUT2D eigenvalue weighted by Crippen LogP contribution is -2.64. The van der Waals surface area contributed by atoms with Gasteiger partial charge in [-0.1, -0.05) is 37.3 Å². The van der Waals surface area contributed by atoms with Crippen molar-refractivity contribution in [2.75, 3.05) is 26.4 Å². The van der Waals surface area contributed by atoms with Gasteiger partial charge in [0.25, 0.3) is 0 Å². The molecule has 14 heteroatoms. The number of rotatable bonds is 9. The van der Waals surface area contributed by atoms with Crippen molar-refractivity contribution in [2.45, 2.75) is 146 Å². The fourth-order valence-electron chi connectivity index (χ4n) is 16.7. The lowest BCUT2D eigenvalue weighted by molar-refractivity contribution is -0.191. The molecule has 7 aliphatic carbocycles. The molecule has 5 fully saturated rings. The van der Waals surface area contributed by atoms with Crippen LogP contribution in [0.3, 0.4) is 0 Å². The zero-order valence-corrected chi connectivity index (χ0v) is 40.3. The van der Waals surface area contributed by atoms with E-state index in [0.717, 1.165) is 24.8 Å². The Labute approximate surface area is 401 Å². The number of H-pyrrole nitrogens is 1. The second kappa shape index (κ2) is 18.9. The number of carbonyl (C=O) groups is 2. The summed E-state index contributed by atoms with van der Waals surface area (Å²) >= 11 is 0. The number of aliphatic imine (C=N–C) groups is 1. The molecule has 0 unspecified atom stereocenters. The molecule has 0 amide bonds. The molecule has 1 aromatic rings.